The highest BCUT2D eigenvalue weighted by molar-refractivity contribution is 7.98. The standard InChI is InChI=1S/C23H22N2O3S2/c1-15(26)20(10-12-29-2)25-22(28)18-9-8-17(21(27)23-24-11-13-30-23)14-19(18)16-6-4-3-5-7-16/h3-9,11,13-14,20H,10,12H2,1-2H3,(H,25,28)/t20-/m0/s1. The van der Waals surface area contributed by atoms with Gasteiger partial charge in [0, 0.05) is 22.7 Å². The monoisotopic (exact) mass is 438 g/mol. The molecule has 1 amide bonds. The van der Waals surface area contributed by atoms with Crippen molar-refractivity contribution in [2.45, 2.75) is 19.4 Å². The van der Waals surface area contributed by atoms with Gasteiger partial charge in [-0.3, -0.25) is 14.4 Å². The summed E-state index contributed by atoms with van der Waals surface area (Å²) in [6.45, 7) is 1.49. The average molecular weight is 439 g/mol. The molecule has 0 unspecified atom stereocenters. The Morgan fingerprint density at radius 2 is 1.90 bits per heavy atom. The van der Waals surface area contributed by atoms with Gasteiger partial charge < -0.3 is 5.32 Å². The van der Waals surface area contributed by atoms with Gasteiger partial charge in [0.25, 0.3) is 5.91 Å². The Kier molecular flexibility index (Phi) is 7.54. The van der Waals surface area contributed by atoms with Crippen LogP contribution in [0.3, 0.4) is 0 Å². The van der Waals surface area contributed by atoms with Crippen molar-refractivity contribution in [3.63, 3.8) is 0 Å². The zero-order valence-electron chi connectivity index (χ0n) is 16.8. The highest BCUT2D eigenvalue weighted by Crippen LogP contribution is 2.27. The molecule has 5 nitrogen and oxygen atoms in total. The van der Waals surface area contributed by atoms with Gasteiger partial charge in [0.1, 0.15) is 0 Å². The van der Waals surface area contributed by atoms with E-state index >= 15 is 0 Å². The lowest BCUT2D eigenvalue weighted by Crippen LogP contribution is -2.40. The van der Waals surface area contributed by atoms with E-state index in [0.29, 0.717) is 28.1 Å². The lowest BCUT2D eigenvalue weighted by molar-refractivity contribution is -0.118. The molecule has 0 spiro atoms. The summed E-state index contributed by atoms with van der Waals surface area (Å²) in [7, 11) is 0. The number of benzene rings is 2. The van der Waals surface area contributed by atoms with E-state index in [1.165, 1.54) is 18.3 Å². The molecule has 0 fully saturated rings. The summed E-state index contributed by atoms with van der Waals surface area (Å²) in [5.41, 5.74) is 2.35. The fourth-order valence-electron chi connectivity index (χ4n) is 3.05. The third-order valence-corrected chi connectivity index (χ3v) is 6.06. The fraction of sp³-hybridized carbons (Fsp3) is 0.217. The van der Waals surface area contributed by atoms with E-state index in [0.717, 1.165) is 11.3 Å². The van der Waals surface area contributed by atoms with Crippen molar-refractivity contribution in [1.29, 1.82) is 0 Å². The predicted molar refractivity (Wildman–Crippen MR) is 122 cm³/mol. The molecule has 1 N–H and O–H groups in total. The van der Waals surface area contributed by atoms with Crippen molar-refractivity contribution >= 4 is 40.6 Å². The van der Waals surface area contributed by atoms with Crippen molar-refractivity contribution < 1.29 is 14.4 Å². The van der Waals surface area contributed by atoms with Crippen molar-refractivity contribution in [3.05, 3.63) is 76.2 Å². The summed E-state index contributed by atoms with van der Waals surface area (Å²) >= 11 is 2.91. The first-order valence-electron chi connectivity index (χ1n) is 9.45. The maximum atomic E-state index is 13.1. The molecule has 2 aromatic carbocycles. The first kappa shape index (κ1) is 21.9. The van der Waals surface area contributed by atoms with Gasteiger partial charge in [-0.2, -0.15) is 11.8 Å². The molecule has 3 aromatic rings. The topological polar surface area (TPSA) is 76.1 Å². The molecular weight excluding hydrogens is 416 g/mol. The normalized spacial score (nSPS) is 11.7. The quantitative estimate of drug-likeness (QED) is 0.499. The lowest BCUT2D eigenvalue weighted by Gasteiger charge is -2.17. The number of nitrogens with zero attached hydrogens (tertiary/aromatic N) is 1. The Morgan fingerprint density at radius 3 is 2.53 bits per heavy atom. The first-order valence-corrected chi connectivity index (χ1v) is 11.7. The molecule has 1 aromatic heterocycles. The van der Waals surface area contributed by atoms with Gasteiger partial charge in [-0.15, -0.1) is 11.3 Å². The van der Waals surface area contributed by atoms with Gasteiger partial charge in [-0.05, 0) is 48.6 Å². The molecule has 0 aliphatic heterocycles. The van der Waals surface area contributed by atoms with Crippen LogP contribution in [0.4, 0.5) is 0 Å². The molecule has 0 saturated heterocycles. The number of thioether (sulfide) groups is 1. The van der Waals surface area contributed by atoms with Crippen LogP contribution in [0.25, 0.3) is 11.1 Å². The maximum absolute atomic E-state index is 13.1. The SMILES string of the molecule is CSCC[C@H](NC(=O)c1ccc(C(=O)c2nccs2)cc1-c1ccccc1)C(C)=O. The molecule has 1 heterocycles. The Labute approximate surface area is 183 Å². The van der Waals surface area contributed by atoms with E-state index in [-0.39, 0.29) is 17.5 Å². The number of hydrogen-bond donors (Lipinski definition) is 1. The second-order valence-electron chi connectivity index (χ2n) is 6.71. The zero-order valence-corrected chi connectivity index (χ0v) is 18.4. The number of carbonyl (C=O) groups is 3. The minimum atomic E-state index is -0.537. The largest absolute Gasteiger partial charge is 0.342 e. The predicted octanol–water partition coefficient (Wildman–Crippen LogP) is 4.48. The van der Waals surface area contributed by atoms with Crippen LogP contribution in [0.5, 0.6) is 0 Å². The third kappa shape index (κ3) is 5.23. The van der Waals surface area contributed by atoms with Crippen LogP contribution in [0.15, 0.2) is 60.1 Å². The van der Waals surface area contributed by atoms with Crippen LogP contribution in [0.2, 0.25) is 0 Å². The molecule has 7 heteroatoms. The average Bonchev–Trinajstić information content (AvgIpc) is 3.31. The molecule has 0 aliphatic rings. The van der Waals surface area contributed by atoms with E-state index in [9.17, 15) is 14.4 Å². The maximum Gasteiger partial charge on any atom is 0.252 e. The van der Waals surface area contributed by atoms with Crippen LogP contribution in [0, 0.1) is 0 Å². The van der Waals surface area contributed by atoms with Gasteiger partial charge in [-0.1, -0.05) is 36.4 Å². The fourth-order valence-corrected chi connectivity index (χ4v) is 4.12. The Morgan fingerprint density at radius 1 is 1.13 bits per heavy atom. The van der Waals surface area contributed by atoms with Crippen LogP contribution >= 0.6 is 23.1 Å². The highest BCUT2D eigenvalue weighted by Gasteiger charge is 2.22. The number of hydrogen-bond acceptors (Lipinski definition) is 6. The van der Waals surface area contributed by atoms with Crippen LogP contribution in [-0.2, 0) is 4.79 Å². The van der Waals surface area contributed by atoms with Gasteiger partial charge >= 0.3 is 0 Å². The summed E-state index contributed by atoms with van der Waals surface area (Å²) in [6.07, 6.45) is 4.13. The Bertz CT molecular complexity index is 1030. The van der Waals surface area contributed by atoms with Crippen molar-refractivity contribution in [2.24, 2.45) is 0 Å². The number of Topliss-reactive ketones (excluding diaryl/α,β-unsaturated/α-hetero) is 1. The molecular formula is C23H22N2O3S2. The summed E-state index contributed by atoms with van der Waals surface area (Å²) in [4.78, 5) is 41.9. The van der Waals surface area contributed by atoms with E-state index in [1.54, 1.807) is 41.5 Å². The highest BCUT2D eigenvalue weighted by atomic mass is 32.2. The lowest BCUT2D eigenvalue weighted by atomic mass is 9.95. The molecule has 0 saturated carbocycles. The second kappa shape index (κ2) is 10.3. The van der Waals surface area contributed by atoms with E-state index < -0.39 is 6.04 Å². The van der Waals surface area contributed by atoms with Crippen LogP contribution in [0.1, 0.15) is 39.1 Å². The summed E-state index contributed by atoms with van der Waals surface area (Å²) < 4.78 is 0. The Balaban J connectivity index is 1.98. The first-order chi connectivity index (χ1) is 14.5. The zero-order chi connectivity index (χ0) is 21.5. The van der Waals surface area contributed by atoms with Crippen molar-refractivity contribution in [2.75, 3.05) is 12.0 Å². The van der Waals surface area contributed by atoms with Gasteiger partial charge in [0.05, 0.1) is 6.04 Å². The summed E-state index contributed by atoms with van der Waals surface area (Å²) in [5, 5.41) is 5.01. The number of rotatable bonds is 9. The molecule has 1 atom stereocenters. The Hall–Kier alpha value is -2.77. The van der Waals surface area contributed by atoms with E-state index in [2.05, 4.69) is 10.3 Å². The molecule has 3 rings (SSSR count). The minimum Gasteiger partial charge on any atom is -0.342 e. The number of amides is 1. The van der Waals surface area contributed by atoms with Crippen molar-refractivity contribution in [3.8, 4) is 11.1 Å². The second-order valence-corrected chi connectivity index (χ2v) is 8.59. The van der Waals surface area contributed by atoms with E-state index in [4.69, 9.17) is 0 Å². The molecule has 0 bridgehead atoms. The number of carbonyl (C=O) groups excluding carboxylic acids is 3. The van der Waals surface area contributed by atoms with Crippen LogP contribution < -0.4 is 5.32 Å². The molecule has 30 heavy (non-hydrogen) atoms. The number of nitrogens with one attached hydrogen (secondary N) is 1. The molecule has 0 radical (unpaired) electrons. The van der Waals surface area contributed by atoms with E-state index in [1.807, 2.05) is 36.6 Å². The van der Waals surface area contributed by atoms with Crippen LogP contribution in [-0.4, -0.2) is 40.5 Å². The van der Waals surface area contributed by atoms with Gasteiger partial charge in [0.2, 0.25) is 5.78 Å². The molecule has 0 aliphatic carbocycles. The number of aromatic nitrogens is 1. The summed E-state index contributed by atoms with van der Waals surface area (Å²) in [6, 6.07) is 13.9. The van der Waals surface area contributed by atoms with Gasteiger partial charge in [0.15, 0.2) is 10.8 Å². The number of thiazole rings is 1. The smallest absolute Gasteiger partial charge is 0.252 e. The van der Waals surface area contributed by atoms with Gasteiger partial charge in [-0.25, -0.2) is 4.98 Å². The summed E-state index contributed by atoms with van der Waals surface area (Å²) in [5.74, 6) is 0.186. The minimum absolute atomic E-state index is 0.0748. The number of ketones is 2. The third-order valence-electron chi connectivity index (χ3n) is 4.64. The molecule has 154 valence electrons. The van der Waals surface area contributed by atoms with Crippen molar-refractivity contribution in [1.82, 2.24) is 10.3 Å².